The van der Waals surface area contributed by atoms with Crippen LogP contribution in [0.2, 0.25) is 0 Å². The third kappa shape index (κ3) is 2.02. The molecule has 4 heteroatoms. The van der Waals surface area contributed by atoms with Crippen molar-refractivity contribution in [2.75, 3.05) is 12.4 Å². The Morgan fingerprint density at radius 2 is 2.29 bits per heavy atom. The summed E-state index contributed by atoms with van der Waals surface area (Å²) in [6, 6.07) is 0. The van der Waals surface area contributed by atoms with Crippen molar-refractivity contribution in [3.05, 3.63) is 11.5 Å². The van der Waals surface area contributed by atoms with Crippen LogP contribution in [0, 0.1) is 19.8 Å². The second kappa shape index (κ2) is 4.32. The van der Waals surface area contributed by atoms with Crippen LogP contribution in [0.1, 0.15) is 37.1 Å². The first kappa shape index (κ1) is 11.6. The van der Waals surface area contributed by atoms with Crippen molar-refractivity contribution >= 4 is 11.8 Å². The molecule has 3 rings (SSSR count). The van der Waals surface area contributed by atoms with Crippen LogP contribution in [-0.2, 0) is 4.74 Å². The first-order valence-electron chi connectivity index (χ1n) is 6.40. The lowest BCUT2D eigenvalue weighted by Crippen LogP contribution is -2.33. The number of aromatic nitrogens is 1. The topological polar surface area (TPSA) is 35.3 Å². The Labute approximate surface area is 106 Å². The Morgan fingerprint density at radius 1 is 1.41 bits per heavy atom. The van der Waals surface area contributed by atoms with Gasteiger partial charge in [0.1, 0.15) is 5.76 Å². The van der Waals surface area contributed by atoms with Crippen molar-refractivity contribution in [2.45, 2.75) is 50.4 Å². The van der Waals surface area contributed by atoms with E-state index in [0.29, 0.717) is 0 Å². The quantitative estimate of drug-likeness (QED) is 0.774. The number of aryl methyl sites for hydroxylation is 2. The summed E-state index contributed by atoms with van der Waals surface area (Å²) >= 11 is 1.72. The van der Waals surface area contributed by atoms with Gasteiger partial charge in [-0.3, -0.25) is 0 Å². The molecule has 0 radical (unpaired) electrons. The van der Waals surface area contributed by atoms with Crippen LogP contribution in [0.15, 0.2) is 9.64 Å². The van der Waals surface area contributed by atoms with Crippen LogP contribution in [0.25, 0.3) is 0 Å². The maximum Gasteiger partial charge on any atom is 0.256 e. The first-order valence-corrected chi connectivity index (χ1v) is 7.39. The van der Waals surface area contributed by atoms with Gasteiger partial charge in [0.25, 0.3) is 5.22 Å². The Morgan fingerprint density at radius 3 is 3.06 bits per heavy atom. The standard InChI is InChI=1S/C13H19NO2S/c1-9-10(2)16-12(14-9)17-8-13-6-3-4-11(13)5-7-15-13/h11H,3-8H2,1-2H3/t11-,13+/m0/s1. The van der Waals surface area contributed by atoms with Crippen LogP contribution < -0.4 is 0 Å². The van der Waals surface area contributed by atoms with Crippen molar-refractivity contribution in [2.24, 2.45) is 5.92 Å². The molecule has 2 heterocycles. The summed E-state index contributed by atoms with van der Waals surface area (Å²) in [5, 5.41) is 0.801. The Hall–Kier alpha value is -0.480. The van der Waals surface area contributed by atoms with Gasteiger partial charge < -0.3 is 9.15 Å². The maximum absolute atomic E-state index is 6.03. The average molecular weight is 253 g/mol. The molecule has 3 nitrogen and oxygen atoms in total. The van der Waals surface area contributed by atoms with Crippen molar-refractivity contribution in [1.82, 2.24) is 4.98 Å². The molecule has 1 aromatic heterocycles. The summed E-state index contributed by atoms with van der Waals surface area (Å²) in [5.41, 5.74) is 1.13. The number of fused-ring (bicyclic) bond motifs is 1. The number of nitrogens with zero attached hydrogens (tertiary/aromatic N) is 1. The molecule has 1 aliphatic heterocycles. The summed E-state index contributed by atoms with van der Waals surface area (Å²) in [6.45, 7) is 4.90. The van der Waals surface area contributed by atoms with Gasteiger partial charge in [-0.25, -0.2) is 4.98 Å². The van der Waals surface area contributed by atoms with Gasteiger partial charge in [0, 0.05) is 12.4 Å². The molecule has 2 atom stereocenters. The highest BCUT2D eigenvalue weighted by atomic mass is 32.2. The molecule has 1 aromatic rings. The van der Waals surface area contributed by atoms with E-state index >= 15 is 0 Å². The van der Waals surface area contributed by atoms with Crippen molar-refractivity contribution in [3.8, 4) is 0 Å². The smallest absolute Gasteiger partial charge is 0.256 e. The largest absolute Gasteiger partial charge is 0.437 e. The number of hydrogen-bond acceptors (Lipinski definition) is 4. The second-order valence-corrected chi connectivity index (χ2v) is 6.13. The highest BCUT2D eigenvalue weighted by molar-refractivity contribution is 7.99. The molecule has 1 saturated carbocycles. The van der Waals surface area contributed by atoms with Gasteiger partial charge in [0.15, 0.2) is 0 Å². The fourth-order valence-electron chi connectivity index (χ4n) is 3.04. The fraction of sp³-hybridized carbons (Fsp3) is 0.769. The zero-order valence-corrected chi connectivity index (χ0v) is 11.3. The monoisotopic (exact) mass is 253 g/mol. The third-order valence-electron chi connectivity index (χ3n) is 4.20. The van der Waals surface area contributed by atoms with E-state index in [1.54, 1.807) is 11.8 Å². The predicted molar refractivity (Wildman–Crippen MR) is 67.3 cm³/mol. The second-order valence-electron chi connectivity index (χ2n) is 5.20. The van der Waals surface area contributed by atoms with Crippen LogP contribution in [0.3, 0.4) is 0 Å². The van der Waals surface area contributed by atoms with Crippen LogP contribution in [0.5, 0.6) is 0 Å². The molecule has 0 amide bonds. The van der Waals surface area contributed by atoms with Crippen molar-refractivity contribution in [3.63, 3.8) is 0 Å². The van der Waals surface area contributed by atoms with E-state index in [0.717, 1.165) is 35.0 Å². The SMILES string of the molecule is Cc1nc(SC[C@]23CCC[C@H]2CCO3)oc1C. The zero-order valence-electron chi connectivity index (χ0n) is 10.5. The lowest BCUT2D eigenvalue weighted by Gasteiger charge is -2.27. The maximum atomic E-state index is 6.03. The summed E-state index contributed by atoms with van der Waals surface area (Å²) in [4.78, 5) is 4.42. The minimum atomic E-state index is 0.126. The van der Waals surface area contributed by atoms with Gasteiger partial charge in [0.05, 0.1) is 11.3 Å². The third-order valence-corrected chi connectivity index (χ3v) is 5.26. The summed E-state index contributed by atoms with van der Waals surface area (Å²) in [6.07, 6.45) is 5.10. The normalized spacial score (nSPS) is 32.0. The van der Waals surface area contributed by atoms with Gasteiger partial charge in [-0.2, -0.15) is 0 Å². The molecule has 0 unspecified atom stereocenters. The van der Waals surface area contributed by atoms with E-state index in [1.807, 2.05) is 13.8 Å². The molecule has 0 N–H and O–H groups in total. The highest BCUT2D eigenvalue weighted by Crippen LogP contribution is 2.47. The van der Waals surface area contributed by atoms with Crippen molar-refractivity contribution in [1.29, 1.82) is 0 Å². The number of ether oxygens (including phenoxy) is 1. The van der Waals surface area contributed by atoms with Gasteiger partial charge in [-0.15, -0.1) is 0 Å². The summed E-state index contributed by atoms with van der Waals surface area (Å²) < 4.78 is 11.6. The van der Waals surface area contributed by atoms with E-state index in [2.05, 4.69) is 4.98 Å². The predicted octanol–water partition coefficient (Wildman–Crippen LogP) is 3.34. The molecule has 94 valence electrons. The van der Waals surface area contributed by atoms with Gasteiger partial charge in [0.2, 0.25) is 0 Å². The molecule has 1 aliphatic carbocycles. The molecular formula is C13H19NO2S. The molecule has 0 spiro atoms. The summed E-state index contributed by atoms with van der Waals surface area (Å²) in [5.74, 6) is 2.70. The minimum Gasteiger partial charge on any atom is -0.437 e. The minimum absolute atomic E-state index is 0.126. The Bertz CT molecular complexity index is 386. The zero-order chi connectivity index (χ0) is 11.9. The molecular weight excluding hydrogens is 234 g/mol. The van der Waals surface area contributed by atoms with E-state index < -0.39 is 0 Å². The van der Waals surface area contributed by atoms with Crippen LogP contribution in [-0.4, -0.2) is 22.9 Å². The average Bonchev–Trinajstić information content (AvgIpc) is 2.91. The van der Waals surface area contributed by atoms with E-state index in [-0.39, 0.29) is 5.60 Å². The first-order chi connectivity index (χ1) is 8.20. The van der Waals surface area contributed by atoms with Crippen LogP contribution in [0.4, 0.5) is 0 Å². The molecule has 0 bridgehead atoms. The lowest BCUT2D eigenvalue weighted by molar-refractivity contribution is 0.0126. The highest BCUT2D eigenvalue weighted by Gasteiger charge is 2.47. The lowest BCUT2D eigenvalue weighted by atomic mass is 9.93. The van der Waals surface area contributed by atoms with Gasteiger partial charge in [-0.05, 0) is 39.0 Å². The number of thioether (sulfide) groups is 1. The summed E-state index contributed by atoms with van der Waals surface area (Å²) in [7, 11) is 0. The molecule has 17 heavy (non-hydrogen) atoms. The molecule has 2 aliphatic rings. The van der Waals surface area contributed by atoms with Gasteiger partial charge in [-0.1, -0.05) is 18.2 Å². The molecule has 2 fully saturated rings. The van der Waals surface area contributed by atoms with E-state index in [1.165, 1.54) is 25.7 Å². The Balaban J connectivity index is 1.67. The molecule has 0 aromatic carbocycles. The number of hydrogen-bond donors (Lipinski definition) is 0. The van der Waals surface area contributed by atoms with Crippen LogP contribution >= 0.6 is 11.8 Å². The van der Waals surface area contributed by atoms with E-state index in [4.69, 9.17) is 9.15 Å². The van der Waals surface area contributed by atoms with Gasteiger partial charge >= 0.3 is 0 Å². The fourth-order valence-corrected chi connectivity index (χ4v) is 4.25. The number of rotatable bonds is 3. The van der Waals surface area contributed by atoms with Crippen molar-refractivity contribution < 1.29 is 9.15 Å². The molecule has 1 saturated heterocycles. The van der Waals surface area contributed by atoms with E-state index in [9.17, 15) is 0 Å². The Kier molecular flexibility index (Phi) is 2.95. The number of oxazole rings is 1.